The molecule has 0 aliphatic rings. The summed E-state index contributed by atoms with van der Waals surface area (Å²) in [6.07, 6.45) is 0.485. The van der Waals surface area contributed by atoms with Crippen LogP contribution in [0.2, 0.25) is 0 Å². The Kier molecular flexibility index (Phi) is 6.17. The summed E-state index contributed by atoms with van der Waals surface area (Å²) in [4.78, 5) is 22.0. The second-order valence-electron chi connectivity index (χ2n) is 4.20. The topological polar surface area (TPSA) is 55.4 Å². The molecular formula is C11H21NO3. The first-order valence-corrected chi connectivity index (χ1v) is 5.25. The smallest absolute Gasteiger partial charge is 0.219 e. The summed E-state index contributed by atoms with van der Waals surface area (Å²) in [5.41, 5.74) is -0.436. The minimum absolute atomic E-state index is 0.0180. The molecule has 1 N–H and O–H groups in total. The van der Waals surface area contributed by atoms with E-state index in [1.807, 2.05) is 13.8 Å². The first kappa shape index (κ1) is 14.1. The molecule has 4 nitrogen and oxygen atoms in total. The number of Topliss-reactive ketones (excluding diaryl/α,β-unsaturated/α-hetero) is 1. The number of hydrogen-bond donors (Lipinski definition) is 1. The Hall–Kier alpha value is -0.900. The third-order valence-corrected chi connectivity index (χ3v) is 2.31. The molecule has 0 aromatic heterocycles. The van der Waals surface area contributed by atoms with Crippen LogP contribution < -0.4 is 5.32 Å². The summed E-state index contributed by atoms with van der Waals surface area (Å²) in [5, 5.41) is 2.70. The van der Waals surface area contributed by atoms with Gasteiger partial charge in [-0.2, -0.15) is 0 Å². The summed E-state index contributed by atoms with van der Waals surface area (Å²) in [6.45, 7) is 8.39. The molecule has 0 saturated carbocycles. The number of rotatable bonds is 7. The molecule has 0 aromatic rings. The molecule has 4 heteroatoms. The molecule has 0 fully saturated rings. The molecule has 0 spiro atoms. The molecular weight excluding hydrogens is 194 g/mol. The van der Waals surface area contributed by atoms with E-state index in [1.165, 1.54) is 0 Å². The van der Waals surface area contributed by atoms with Crippen LogP contribution in [0.25, 0.3) is 0 Å². The van der Waals surface area contributed by atoms with Crippen LogP contribution in [-0.4, -0.2) is 31.4 Å². The second kappa shape index (κ2) is 6.56. The number of carbonyl (C=O) groups excluding carboxylic acids is 2. The van der Waals surface area contributed by atoms with Crippen molar-refractivity contribution in [2.75, 3.05) is 19.8 Å². The molecule has 0 aliphatic heterocycles. The summed E-state index contributed by atoms with van der Waals surface area (Å²) in [7, 11) is 0. The van der Waals surface area contributed by atoms with E-state index < -0.39 is 5.41 Å². The van der Waals surface area contributed by atoms with Gasteiger partial charge in [-0.15, -0.1) is 0 Å². The maximum Gasteiger partial charge on any atom is 0.219 e. The normalized spacial score (nSPS) is 11.2. The molecule has 0 saturated heterocycles. The van der Waals surface area contributed by atoms with Crippen LogP contribution in [0.4, 0.5) is 0 Å². The van der Waals surface area contributed by atoms with Crippen molar-refractivity contribution < 1.29 is 14.3 Å². The fraction of sp³-hybridized carbons (Fsp3) is 0.818. The van der Waals surface area contributed by atoms with Gasteiger partial charge in [-0.05, 0) is 6.92 Å². The third kappa shape index (κ3) is 6.23. The van der Waals surface area contributed by atoms with E-state index in [2.05, 4.69) is 5.32 Å². The van der Waals surface area contributed by atoms with E-state index >= 15 is 0 Å². The average Bonchev–Trinajstić information content (AvgIpc) is 2.16. The molecule has 0 rings (SSSR count). The van der Waals surface area contributed by atoms with Gasteiger partial charge in [0.15, 0.2) is 0 Å². The van der Waals surface area contributed by atoms with Gasteiger partial charge in [-0.1, -0.05) is 20.8 Å². The summed E-state index contributed by atoms with van der Waals surface area (Å²) in [5.74, 6) is 0.129. The highest BCUT2D eigenvalue weighted by Crippen LogP contribution is 2.15. The van der Waals surface area contributed by atoms with E-state index in [9.17, 15) is 9.59 Å². The van der Waals surface area contributed by atoms with E-state index in [4.69, 9.17) is 4.74 Å². The summed E-state index contributed by atoms with van der Waals surface area (Å²) in [6, 6.07) is 0. The number of ketones is 1. The molecule has 0 bridgehead atoms. The van der Waals surface area contributed by atoms with Crippen LogP contribution in [-0.2, 0) is 14.3 Å². The van der Waals surface area contributed by atoms with Gasteiger partial charge in [0.1, 0.15) is 5.78 Å². The Morgan fingerprint density at radius 1 is 1.33 bits per heavy atom. The van der Waals surface area contributed by atoms with Crippen molar-refractivity contribution in [3.8, 4) is 0 Å². The second-order valence-corrected chi connectivity index (χ2v) is 4.20. The minimum Gasteiger partial charge on any atom is -0.379 e. The molecule has 0 heterocycles. The zero-order valence-corrected chi connectivity index (χ0v) is 10.1. The Morgan fingerprint density at radius 2 is 1.93 bits per heavy atom. The Labute approximate surface area is 91.4 Å². The quantitative estimate of drug-likeness (QED) is 0.648. The Balaban J connectivity index is 3.55. The first-order chi connectivity index (χ1) is 6.90. The van der Waals surface area contributed by atoms with Gasteiger partial charge in [-0.3, -0.25) is 9.59 Å². The van der Waals surface area contributed by atoms with Crippen LogP contribution in [0.3, 0.4) is 0 Å². The van der Waals surface area contributed by atoms with Crippen molar-refractivity contribution in [3.05, 3.63) is 0 Å². The summed E-state index contributed by atoms with van der Waals surface area (Å²) >= 11 is 0. The third-order valence-electron chi connectivity index (χ3n) is 2.31. The van der Waals surface area contributed by atoms with Crippen LogP contribution in [0.15, 0.2) is 0 Å². The largest absolute Gasteiger partial charge is 0.379 e. The molecule has 0 unspecified atom stereocenters. The Morgan fingerprint density at radius 3 is 2.40 bits per heavy atom. The summed E-state index contributed by atoms with van der Waals surface area (Å²) < 4.78 is 5.32. The van der Waals surface area contributed by atoms with E-state index in [1.54, 1.807) is 13.8 Å². The predicted molar refractivity (Wildman–Crippen MR) is 58.6 cm³/mol. The molecule has 0 atom stereocenters. The lowest BCUT2D eigenvalue weighted by Gasteiger charge is -2.20. The van der Waals surface area contributed by atoms with E-state index in [-0.39, 0.29) is 11.7 Å². The molecule has 0 radical (unpaired) electrons. The van der Waals surface area contributed by atoms with Crippen LogP contribution >= 0.6 is 0 Å². The van der Waals surface area contributed by atoms with E-state index in [0.29, 0.717) is 26.2 Å². The van der Waals surface area contributed by atoms with Crippen molar-refractivity contribution in [2.24, 2.45) is 5.41 Å². The highest BCUT2D eigenvalue weighted by atomic mass is 16.5. The zero-order chi connectivity index (χ0) is 11.9. The van der Waals surface area contributed by atoms with Crippen LogP contribution in [0.5, 0.6) is 0 Å². The monoisotopic (exact) mass is 215 g/mol. The fourth-order valence-electron chi connectivity index (χ4n) is 0.817. The predicted octanol–water partition coefficient (Wildman–Crippen LogP) is 1.14. The maximum absolute atomic E-state index is 11.1. The molecule has 1 amide bonds. The van der Waals surface area contributed by atoms with Crippen molar-refractivity contribution >= 4 is 11.7 Å². The lowest BCUT2D eigenvalue weighted by Crippen LogP contribution is -2.31. The highest BCUT2D eigenvalue weighted by molar-refractivity contribution is 5.81. The molecule has 88 valence electrons. The van der Waals surface area contributed by atoms with Crippen molar-refractivity contribution in [2.45, 2.75) is 34.1 Å². The molecule has 0 aromatic carbocycles. The average molecular weight is 215 g/mol. The number of nitrogens with one attached hydrogen (secondary N) is 1. The van der Waals surface area contributed by atoms with Crippen molar-refractivity contribution in [1.82, 2.24) is 5.32 Å². The Bertz CT molecular complexity index is 224. The number of hydrogen-bond acceptors (Lipinski definition) is 3. The van der Waals surface area contributed by atoms with Gasteiger partial charge in [0.05, 0.1) is 13.2 Å². The van der Waals surface area contributed by atoms with Crippen molar-refractivity contribution in [3.63, 3.8) is 0 Å². The first-order valence-electron chi connectivity index (χ1n) is 5.25. The van der Waals surface area contributed by atoms with Gasteiger partial charge in [-0.25, -0.2) is 0 Å². The standard InChI is InChI=1S/C11H21NO3/c1-5-10(14)12-6-7-15-8-11(3,4)9(2)13/h5-8H2,1-4H3,(H,12,14). The minimum atomic E-state index is -0.436. The van der Waals surface area contributed by atoms with E-state index in [0.717, 1.165) is 0 Å². The highest BCUT2D eigenvalue weighted by Gasteiger charge is 2.23. The van der Waals surface area contributed by atoms with Gasteiger partial charge in [0, 0.05) is 18.4 Å². The fourth-order valence-corrected chi connectivity index (χ4v) is 0.817. The molecule has 0 aliphatic carbocycles. The lowest BCUT2D eigenvalue weighted by molar-refractivity contribution is -0.128. The number of ether oxygens (including phenoxy) is 1. The van der Waals surface area contributed by atoms with Gasteiger partial charge < -0.3 is 10.1 Å². The lowest BCUT2D eigenvalue weighted by atomic mass is 9.90. The SMILES string of the molecule is CCC(=O)NCCOCC(C)(C)C(C)=O. The van der Waals surface area contributed by atoms with Gasteiger partial charge >= 0.3 is 0 Å². The van der Waals surface area contributed by atoms with Crippen LogP contribution in [0.1, 0.15) is 34.1 Å². The zero-order valence-electron chi connectivity index (χ0n) is 10.1. The number of amides is 1. The van der Waals surface area contributed by atoms with Crippen LogP contribution in [0, 0.1) is 5.41 Å². The van der Waals surface area contributed by atoms with Gasteiger partial charge in [0.2, 0.25) is 5.91 Å². The van der Waals surface area contributed by atoms with Crippen molar-refractivity contribution in [1.29, 1.82) is 0 Å². The maximum atomic E-state index is 11.1. The molecule has 15 heavy (non-hydrogen) atoms. The number of carbonyl (C=O) groups is 2. The van der Waals surface area contributed by atoms with Gasteiger partial charge in [0.25, 0.3) is 0 Å².